The van der Waals surface area contributed by atoms with Gasteiger partial charge in [-0.2, -0.15) is 0 Å². The third-order valence-electron chi connectivity index (χ3n) is 4.11. The predicted octanol–water partition coefficient (Wildman–Crippen LogP) is 1.64. The van der Waals surface area contributed by atoms with Crippen LogP contribution in [0.15, 0.2) is 36.4 Å². The molecule has 0 aliphatic carbocycles. The molecule has 1 heterocycles. The van der Waals surface area contributed by atoms with Crippen LogP contribution in [-0.2, 0) is 4.79 Å². The van der Waals surface area contributed by atoms with E-state index in [2.05, 4.69) is 15.5 Å². The average Bonchev–Trinajstić information content (AvgIpc) is 2.65. The molecule has 136 valence electrons. The highest BCUT2D eigenvalue weighted by atomic mass is 16.5. The van der Waals surface area contributed by atoms with Gasteiger partial charge in [0.15, 0.2) is 11.5 Å². The van der Waals surface area contributed by atoms with Crippen LogP contribution in [0.5, 0.6) is 11.5 Å². The van der Waals surface area contributed by atoms with E-state index in [0.717, 1.165) is 31.7 Å². The zero-order valence-electron chi connectivity index (χ0n) is 15.1. The second kappa shape index (κ2) is 9.86. The molecule has 1 aliphatic heterocycles. The first-order valence-electron chi connectivity index (χ1n) is 8.46. The highest BCUT2D eigenvalue weighted by molar-refractivity contribution is 5.88. The van der Waals surface area contributed by atoms with Gasteiger partial charge in [0.2, 0.25) is 5.91 Å². The quantitative estimate of drug-likeness (QED) is 0.581. The lowest BCUT2D eigenvalue weighted by molar-refractivity contribution is -0.118. The molecule has 1 aromatic rings. The molecule has 0 radical (unpaired) electrons. The molecule has 1 amide bonds. The van der Waals surface area contributed by atoms with Gasteiger partial charge in [-0.05, 0) is 24.6 Å². The third kappa shape index (κ3) is 5.92. The van der Waals surface area contributed by atoms with Gasteiger partial charge in [0.25, 0.3) is 0 Å². The van der Waals surface area contributed by atoms with Crippen LogP contribution in [0.25, 0.3) is 6.08 Å². The largest absolute Gasteiger partial charge is 0.493 e. The van der Waals surface area contributed by atoms with E-state index in [-0.39, 0.29) is 12.1 Å². The van der Waals surface area contributed by atoms with Crippen molar-refractivity contribution in [1.29, 1.82) is 0 Å². The van der Waals surface area contributed by atoms with Crippen LogP contribution >= 0.6 is 0 Å². The minimum atomic E-state index is -0.0944. The summed E-state index contributed by atoms with van der Waals surface area (Å²) in [5, 5.41) is 6.28. The molecule has 1 atom stereocenters. The number of hydrogen-bond acceptors (Lipinski definition) is 5. The maximum Gasteiger partial charge on any atom is 0.245 e. The number of benzene rings is 1. The molecule has 2 rings (SSSR count). The van der Waals surface area contributed by atoms with E-state index in [4.69, 9.17) is 9.47 Å². The van der Waals surface area contributed by atoms with E-state index in [1.54, 1.807) is 20.3 Å². The molecule has 25 heavy (non-hydrogen) atoms. The van der Waals surface area contributed by atoms with Crippen molar-refractivity contribution in [3.05, 3.63) is 42.0 Å². The van der Waals surface area contributed by atoms with Crippen molar-refractivity contribution in [2.75, 3.05) is 40.4 Å². The molecular weight excluding hydrogens is 318 g/mol. The van der Waals surface area contributed by atoms with E-state index in [0.29, 0.717) is 11.5 Å². The predicted molar refractivity (Wildman–Crippen MR) is 99.8 cm³/mol. The summed E-state index contributed by atoms with van der Waals surface area (Å²) in [7, 11) is 3.21. The Morgan fingerprint density at radius 1 is 1.20 bits per heavy atom. The molecule has 1 aromatic carbocycles. The highest BCUT2D eigenvalue weighted by Gasteiger charge is 2.16. The van der Waals surface area contributed by atoms with Gasteiger partial charge in [0.05, 0.1) is 20.4 Å². The van der Waals surface area contributed by atoms with Crippen molar-refractivity contribution < 1.29 is 14.3 Å². The Kier molecular flexibility index (Phi) is 7.50. The third-order valence-corrected chi connectivity index (χ3v) is 4.11. The molecule has 6 nitrogen and oxygen atoms in total. The van der Waals surface area contributed by atoms with Crippen molar-refractivity contribution in [3.8, 4) is 11.5 Å². The lowest BCUT2D eigenvalue weighted by atomic mass is 10.2. The number of piperazine rings is 1. The van der Waals surface area contributed by atoms with Gasteiger partial charge >= 0.3 is 0 Å². The van der Waals surface area contributed by atoms with E-state index >= 15 is 0 Å². The summed E-state index contributed by atoms with van der Waals surface area (Å²) < 4.78 is 10.5. The van der Waals surface area contributed by atoms with Crippen molar-refractivity contribution in [3.63, 3.8) is 0 Å². The lowest BCUT2D eigenvalue weighted by Gasteiger charge is -2.32. The molecule has 1 fully saturated rings. The maximum absolute atomic E-state index is 12.0. The van der Waals surface area contributed by atoms with Crippen LogP contribution in [0, 0.1) is 0 Å². The Bertz CT molecular complexity index is 622. The zero-order chi connectivity index (χ0) is 18.1. The number of methoxy groups -OCH3 is 2. The Hall–Kier alpha value is -2.31. The number of carbonyl (C=O) groups is 1. The summed E-state index contributed by atoms with van der Waals surface area (Å²) in [5.74, 6) is 1.27. The monoisotopic (exact) mass is 345 g/mol. The van der Waals surface area contributed by atoms with Crippen LogP contribution in [0.2, 0.25) is 0 Å². The van der Waals surface area contributed by atoms with Gasteiger partial charge in [-0.25, -0.2) is 0 Å². The van der Waals surface area contributed by atoms with Gasteiger partial charge < -0.3 is 20.1 Å². The van der Waals surface area contributed by atoms with Gasteiger partial charge in [0, 0.05) is 32.3 Å². The summed E-state index contributed by atoms with van der Waals surface area (Å²) >= 11 is 0. The van der Waals surface area contributed by atoms with Gasteiger partial charge in [0.1, 0.15) is 0 Å². The van der Waals surface area contributed by atoms with Crippen LogP contribution in [-0.4, -0.2) is 57.4 Å². The number of nitrogens with zero attached hydrogens (tertiary/aromatic N) is 1. The number of allylic oxidation sites excluding steroid dienone is 2. The zero-order valence-corrected chi connectivity index (χ0v) is 15.1. The molecule has 6 heteroatoms. The molecule has 0 spiro atoms. The van der Waals surface area contributed by atoms with Crippen LogP contribution < -0.4 is 20.1 Å². The standard InChI is InChI=1S/C19H27N3O3/c1-15(22-12-10-20-11-13-22)21-19(23)7-5-4-6-16-8-9-17(24-2)18(14-16)25-3/h4-9,14-15,20H,10-13H2,1-3H3,(H,21,23). The SMILES string of the molecule is COc1ccc(C=CC=CC(=O)NC(C)N2CCNCC2)cc1OC. The van der Waals surface area contributed by atoms with Gasteiger partial charge in [-0.3, -0.25) is 9.69 Å². The second-order valence-electron chi connectivity index (χ2n) is 5.80. The Morgan fingerprint density at radius 2 is 1.92 bits per heavy atom. The average molecular weight is 345 g/mol. The Labute approximate surface area is 149 Å². The second-order valence-corrected chi connectivity index (χ2v) is 5.80. The summed E-state index contributed by atoms with van der Waals surface area (Å²) in [5.41, 5.74) is 0.969. The fourth-order valence-corrected chi connectivity index (χ4v) is 2.68. The number of carbonyl (C=O) groups excluding carboxylic acids is 1. The number of rotatable bonds is 7. The number of nitrogens with one attached hydrogen (secondary N) is 2. The van der Waals surface area contributed by atoms with Crippen LogP contribution in [0.1, 0.15) is 12.5 Å². The highest BCUT2D eigenvalue weighted by Crippen LogP contribution is 2.27. The van der Waals surface area contributed by atoms with Crippen molar-refractivity contribution in [2.24, 2.45) is 0 Å². The summed E-state index contributed by atoms with van der Waals surface area (Å²) in [6, 6.07) is 5.66. The molecule has 1 aliphatic rings. The van der Waals surface area contributed by atoms with Crippen molar-refractivity contribution in [1.82, 2.24) is 15.5 Å². The Balaban J connectivity index is 1.84. The van der Waals surface area contributed by atoms with Gasteiger partial charge in [-0.15, -0.1) is 0 Å². The van der Waals surface area contributed by atoms with Gasteiger partial charge in [-0.1, -0.05) is 24.3 Å². The summed E-state index contributed by atoms with van der Waals surface area (Å²) in [6.45, 7) is 5.83. The minimum absolute atomic E-state index is 0.0362. The first-order chi connectivity index (χ1) is 12.1. The minimum Gasteiger partial charge on any atom is -0.493 e. The molecule has 1 saturated heterocycles. The first kappa shape index (κ1) is 19.0. The summed E-state index contributed by atoms with van der Waals surface area (Å²) in [4.78, 5) is 14.2. The topological polar surface area (TPSA) is 62.8 Å². The Morgan fingerprint density at radius 3 is 2.60 bits per heavy atom. The molecule has 0 aromatic heterocycles. The van der Waals surface area contributed by atoms with Crippen molar-refractivity contribution in [2.45, 2.75) is 13.1 Å². The number of hydrogen-bond donors (Lipinski definition) is 2. The fraction of sp³-hybridized carbons (Fsp3) is 0.421. The smallest absolute Gasteiger partial charge is 0.245 e. The molecule has 0 bridgehead atoms. The molecular formula is C19H27N3O3. The maximum atomic E-state index is 12.0. The van der Waals surface area contributed by atoms with Crippen LogP contribution in [0.4, 0.5) is 0 Å². The fourth-order valence-electron chi connectivity index (χ4n) is 2.68. The van der Waals surface area contributed by atoms with Crippen molar-refractivity contribution >= 4 is 12.0 Å². The lowest BCUT2D eigenvalue weighted by Crippen LogP contribution is -2.53. The van der Waals surface area contributed by atoms with Crippen LogP contribution in [0.3, 0.4) is 0 Å². The molecule has 2 N–H and O–H groups in total. The number of amides is 1. The molecule has 1 unspecified atom stereocenters. The van der Waals surface area contributed by atoms with E-state index in [9.17, 15) is 4.79 Å². The normalized spacial score (nSPS) is 16.9. The van der Waals surface area contributed by atoms with E-state index < -0.39 is 0 Å². The van der Waals surface area contributed by atoms with E-state index in [1.807, 2.05) is 37.3 Å². The van der Waals surface area contributed by atoms with E-state index in [1.165, 1.54) is 6.08 Å². The molecule has 0 saturated carbocycles. The number of ether oxygens (including phenoxy) is 2. The first-order valence-corrected chi connectivity index (χ1v) is 8.46. The summed E-state index contributed by atoms with van der Waals surface area (Å²) in [6.07, 6.45) is 7.04.